The van der Waals surface area contributed by atoms with Gasteiger partial charge in [0.15, 0.2) is 0 Å². The maximum atomic E-state index is 15.1. The number of nitrogens with one attached hydrogen (secondary N) is 2. The lowest BCUT2D eigenvalue weighted by Gasteiger charge is -2.20. The third-order valence-electron chi connectivity index (χ3n) is 8.29. The van der Waals surface area contributed by atoms with Crippen molar-refractivity contribution in [1.29, 1.82) is 0 Å². The predicted molar refractivity (Wildman–Crippen MR) is 173 cm³/mol. The molecule has 0 unspecified atom stereocenters. The van der Waals surface area contributed by atoms with Gasteiger partial charge in [-0.05, 0) is 79.6 Å². The average Bonchev–Trinajstić information content (AvgIpc) is 3.44. The van der Waals surface area contributed by atoms with Gasteiger partial charge in [0.1, 0.15) is 17.5 Å². The molecular weight excluding hydrogens is 572 g/mol. The zero-order valence-corrected chi connectivity index (χ0v) is 25.8. The van der Waals surface area contributed by atoms with Crippen LogP contribution in [0.5, 0.6) is 0 Å². The minimum atomic E-state index is -0.495. The first-order valence-electron chi connectivity index (χ1n) is 15.3. The van der Waals surface area contributed by atoms with E-state index < -0.39 is 11.9 Å². The molecule has 0 saturated heterocycles. The number of pyridine rings is 1. The number of aromatic amines is 1. The number of aromatic nitrogens is 3. The topological polar surface area (TPSA) is 106 Å². The summed E-state index contributed by atoms with van der Waals surface area (Å²) in [4.78, 5) is 25.3. The van der Waals surface area contributed by atoms with E-state index in [-0.39, 0.29) is 36.8 Å². The summed E-state index contributed by atoms with van der Waals surface area (Å²) in [5.74, 6) is -0.790. The SMILES string of the molecule is CC[C@@H](CCc1c(F)cncc1NC(=O)C[C@H](c1ccccc1)c1ccc(F)cc1)OC[C@H](N)c1nc2cc(C)c(C)cc2[nH]1. The van der Waals surface area contributed by atoms with Crippen molar-refractivity contribution in [3.63, 3.8) is 0 Å². The summed E-state index contributed by atoms with van der Waals surface area (Å²) in [6, 6.07) is 19.4. The van der Waals surface area contributed by atoms with E-state index in [1.165, 1.54) is 29.5 Å². The average molecular weight is 612 g/mol. The van der Waals surface area contributed by atoms with Gasteiger partial charge in [0.25, 0.3) is 0 Å². The number of fused-ring (bicyclic) bond motifs is 1. The quantitative estimate of drug-likeness (QED) is 0.128. The molecule has 0 aliphatic heterocycles. The van der Waals surface area contributed by atoms with Crippen LogP contribution in [0.4, 0.5) is 14.5 Å². The number of aryl methyl sites for hydroxylation is 2. The summed E-state index contributed by atoms with van der Waals surface area (Å²) >= 11 is 0. The number of ether oxygens (including phenoxy) is 1. The molecule has 45 heavy (non-hydrogen) atoms. The van der Waals surface area contributed by atoms with E-state index in [1.54, 1.807) is 12.1 Å². The van der Waals surface area contributed by atoms with Crippen LogP contribution in [-0.2, 0) is 16.0 Å². The number of carbonyl (C=O) groups excluding carboxylic acids is 1. The number of hydrogen-bond acceptors (Lipinski definition) is 5. The number of hydrogen-bond donors (Lipinski definition) is 3. The zero-order chi connectivity index (χ0) is 31.9. The van der Waals surface area contributed by atoms with Gasteiger partial charge in [-0.3, -0.25) is 9.78 Å². The summed E-state index contributed by atoms with van der Waals surface area (Å²) < 4.78 is 34.8. The van der Waals surface area contributed by atoms with Gasteiger partial charge in [-0.2, -0.15) is 0 Å². The lowest BCUT2D eigenvalue weighted by atomic mass is 9.88. The second-order valence-corrected chi connectivity index (χ2v) is 11.5. The van der Waals surface area contributed by atoms with Crippen molar-refractivity contribution in [2.45, 2.75) is 64.5 Å². The van der Waals surface area contributed by atoms with Crippen LogP contribution in [0.15, 0.2) is 79.1 Å². The molecule has 0 bridgehead atoms. The van der Waals surface area contributed by atoms with Gasteiger partial charge in [0, 0.05) is 17.9 Å². The van der Waals surface area contributed by atoms with Crippen molar-refractivity contribution < 1.29 is 18.3 Å². The molecule has 5 rings (SSSR count). The lowest BCUT2D eigenvalue weighted by Crippen LogP contribution is -2.24. The minimum Gasteiger partial charge on any atom is -0.376 e. The fourth-order valence-electron chi connectivity index (χ4n) is 5.51. The second-order valence-electron chi connectivity index (χ2n) is 11.5. The monoisotopic (exact) mass is 611 g/mol. The minimum absolute atomic E-state index is 0.0884. The van der Waals surface area contributed by atoms with Gasteiger partial charge in [-0.15, -0.1) is 0 Å². The van der Waals surface area contributed by atoms with Crippen molar-refractivity contribution in [2.75, 3.05) is 11.9 Å². The third kappa shape index (κ3) is 7.98. The molecule has 234 valence electrons. The number of H-pyrrole nitrogens is 1. The zero-order valence-electron chi connectivity index (χ0n) is 25.8. The van der Waals surface area contributed by atoms with Crippen molar-refractivity contribution in [3.05, 3.63) is 124 Å². The molecule has 3 atom stereocenters. The molecule has 2 heterocycles. The molecule has 0 spiro atoms. The standard InChI is InChI=1S/C36H39F2N5O2/c1-4-27(45-21-31(39)36-42-32-16-22(2)23(3)17-33(32)43-36)14-15-28-30(38)19-40-20-34(28)41-35(44)18-29(24-8-6-5-7-9-24)25-10-12-26(37)13-11-25/h5-13,16-17,19-20,27,29,31H,4,14-15,18,21,39H2,1-3H3,(H,41,44)(H,42,43)/t27-,29+,31-/m0/s1. The first-order valence-corrected chi connectivity index (χ1v) is 15.3. The molecule has 3 aromatic carbocycles. The molecule has 0 aliphatic rings. The van der Waals surface area contributed by atoms with Crippen molar-refractivity contribution in [1.82, 2.24) is 15.0 Å². The Bertz CT molecular complexity index is 1700. The molecule has 1 amide bonds. The summed E-state index contributed by atoms with van der Waals surface area (Å²) in [6.07, 6.45) is 4.09. The van der Waals surface area contributed by atoms with Crippen molar-refractivity contribution >= 4 is 22.6 Å². The van der Waals surface area contributed by atoms with Crippen molar-refractivity contribution in [3.8, 4) is 0 Å². The van der Waals surface area contributed by atoms with E-state index in [4.69, 9.17) is 10.5 Å². The first-order chi connectivity index (χ1) is 21.7. The molecule has 0 radical (unpaired) electrons. The molecule has 2 aromatic heterocycles. The second kappa shape index (κ2) is 14.5. The Morgan fingerprint density at radius 2 is 1.71 bits per heavy atom. The number of anilines is 1. The van der Waals surface area contributed by atoms with Crippen LogP contribution in [0.2, 0.25) is 0 Å². The number of amides is 1. The Morgan fingerprint density at radius 1 is 1.00 bits per heavy atom. The number of rotatable bonds is 13. The Labute approximate surface area is 262 Å². The Balaban J connectivity index is 1.22. The lowest BCUT2D eigenvalue weighted by molar-refractivity contribution is -0.116. The van der Waals surface area contributed by atoms with E-state index in [2.05, 4.69) is 40.2 Å². The summed E-state index contributed by atoms with van der Waals surface area (Å²) in [5, 5.41) is 2.88. The first kappa shape index (κ1) is 31.9. The number of nitrogens with zero attached hydrogens (tertiary/aromatic N) is 2. The van der Waals surface area contributed by atoms with Gasteiger partial charge >= 0.3 is 0 Å². The molecule has 0 fully saturated rings. The van der Waals surface area contributed by atoms with Crippen LogP contribution in [0.25, 0.3) is 11.0 Å². The molecule has 0 saturated carbocycles. The molecule has 5 aromatic rings. The van der Waals surface area contributed by atoms with E-state index in [9.17, 15) is 9.18 Å². The van der Waals surface area contributed by atoms with Crippen LogP contribution >= 0.6 is 0 Å². The largest absolute Gasteiger partial charge is 0.376 e. The number of halogens is 2. The fraction of sp³-hybridized carbons (Fsp3) is 0.306. The van der Waals surface area contributed by atoms with Gasteiger partial charge in [-0.25, -0.2) is 13.8 Å². The molecule has 4 N–H and O–H groups in total. The maximum Gasteiger partial charge on any atom is 0.225 e. The van der Waals surface area contributed by atoms with E-state index in [0.29, 0.717) is 36.3 Å². The molecular formula is C36H39F2N5O2. The Morgan fingerprint density at radius 3 is 2.44 bits per heavy atom. The number of nitrogens with two attached hydrogens (primary N) is 1. The third-order valence-corrected chi connectivity index (χ3v) is 8.29. The summed E-state index contributed by atoms with van der Waals surface area (Å²) in [7, 11) is 0. The van der Waals surface area contributed by atoms with E-state index in [0.717, 1.165) is 28.4 Å². The van der Waals surface area contributed by atoms with Crippen LogP contribution in [-0.4, -0.2) is 33.6 Å². The highest BCUT2D eigenvalue weighted by atomic mass is 19.1. The highest BCUT2D eigenvalue weighted by Crippen LogP contribution is 2.30. The smallest absolute Gasteiger partial charge is 0.225 e. The van der Waals surface area contributed by atoms with Gasteiger partial charge < -0.3 is 20.8 Å². The predicted octanol–water partition coefficient (Wildman–Crippen LogP) is 7.44. The molecule has 9 heteroatoms. The Kier molecular flexibility index (Phi) is 10.3. The normalized spacial score (nSPS) is 13.5. The van der Waals surface area contributed by atoms with Crippen LogP contribution in [0.3, 0.4) is 0 Å². The van der Waals surface area contributed by atoms with Crippen molar-refractivity contribution in [2.24, 2.45) is 5.73 Å². The maximum absolute atomic E-state index is 15.1. The van der Waals surface area contributed by atoms with E-state index in [1.807, 2.05) is 43.3 Å². The number of imidazole rings is 1. The molecule has 7 nitrogen and oxygen atoms in total. The van der Waals surface area contributed by atoms with Gasteiger partial charge in [0.2, 0.25) is 5.91 Å². The van der Waals surface area contributed by atoms with Gasteiger partial charge in [-0.1, -0.05) is 49.4 Å². The van der Waals surface area contributed by atoms with Crippen LogP contribution in [0.1, 0.15) is 71.8 Å². The Hall–Kier alpha value is -4.47. The van der Waals surface area contributed by atoms with Crippen LogP contribution < -0.4 is 11.1 Å². The summed E-state index contributed by atoms with van der Waals surface area (Å²) in [6.45, 7) is 6.37. The van der Waals surface area contributed by atoms with Gasteiger partial charge in [0.05, 0.1) is 47.9 Å². The highest BCUT2D eigenvalue weighted by Gasteiger charge is 2.21. The fourth-order valence-corrected chi connectivity index (χ4v) is 5.51. The number of carbonyl (C=O) groups is 1. The van der Waals surface area contributed by atoms with E-state index >= 15 is 4.39 Å². The van der Waals surface area contributed by atoms with Crippen LogP contribution in [0, 0.1) is 25.5 Å². The molecule has 0 aliphatic carbocycles. The highest BCUT2D eigenvalue weighted by molar-refractivity contribution is 5.92. The number of benzene rings is 3. The summed E-state index contributed by atoms with van der Waals surface area (Å²) in [5.41, 5.74) is 13.0.